The van der Waals surface area contributed by atoms with Crippen LogP contribution >= 0.6 is 0 Å². The first-order valence-corrected chi connectivity index (χ1v) is 7.45. The zero-order valence-corrected chi connectivity index (χ0v) is 12.9. The molecule has 0 aromatic rings. The number of oxime groups is 1. The molecule has 1 heterocycles. The summed E-state index contributed by atoms with van der Waals surface area (Å²) in [4.78, 5) is 14.7. The molecule has 1 aliphatic heterocycles. The van der Waals surface area contributed by atoms with Gasteiger partial charge in [-0.3, -0.25) is 4.79 Å². The van der Waals surface area contributed by atoms with Gasteiger partial charge >= 0.3 is 0 Å². The van der Waals surface area contributed by atoms with Crippen LogP contribution in [0.15, 0.2) is 5.16 Å². The van der Waals surface area contributed by atoms with Crippen LogP contribution in [-0.4, -0.2) is 48.5 Å². The molecule has 1 amide bonds. The van der Waals surface area contributed by atoms with Crippen LogP contribution in [0.1, 0.15) is 39.5 Å². The number of nitrogens with two attached hydrogens (primary N) is 1. The van der Waals surface area contributed by atoms with Gasteiger partial charge in [0.1, 0.15) is 5.41 Å². The summed E-state index contributed by atoms with van der Waals surface area (Å²) in [6.07, 6.45) is 3.26. The highest BCUT2D eigenvalue weighted by atomic mass is 16.4. The number of amides is 1. The van der Waals surface area contributed by atoms with Crippen molar-refractivity contribution in [1.82, 2.24) is 10.2 Å². The van der Waals surface area contributed by atoms with Crippen LogP contribution in [0.25, 0.3) is 0 Å². The van der Waals surface area contributed by atoms with Crippen molar-refractivity contribution in [3.8, 4) is 0 Å². The Morgan fingerprint density at radius 3 is 2.40 bits per heavy atom. The number of piperidine rings is 1. The van der Waals surface area contributed by atoms with E-state index in [1.807, 2.05) is 13.8 Å². The Kier molecular flexibility index (Phi) is 6.26. The molecular weight excluding hydrogens is 256 g/mol. The van der Waals surface area contributed by atoms with Crippen molar-refractivity contribution in [3.63, 3.8) is 0 Å². The summed E-state index contributed by atoms with van der Waals surface area (Å²) >= 11 is 0. The van der Waals surface area contributed by atoms with Crippen LogP contribution in [0, 0.1) is 11.3 Å². The smallest absolute Gasteiger partial charge is 0.233 e. The normalized spacial score (nSPS) is 19.1. The molecule has 0 aliphatic carbocycles. The molecule has 1 aliphatic rings. The molecule has 0 bridgehead atoms. The minimum atomic E-state index is -0.889. The van der Waals surface area contributed by atoms with E-state index in [0.717, 1.165) is 25.9 Å². The minimum absolute atomic E-state index is 0.00313. The quantitative estimate of drug-likeness (QED) is 0.294. The highest BCUT2D eigenvalue weighted by molar-refractivity contribution is 6.06. The molecule has 0 spiro atoms. The molecule has 0 aromatic heterocycles. The summed E-state index contributed by atoms with van der Waals surface area (Å²) in [7, 11) is 2.12. The average Bonchev–Trinajstić information content (AvgIpc) is 2.48. The average molecular weight is 284 g/mol. The number of likely N-dealkylation sites (tertiary alicyclic amines) is 1. The maximum atomic E-state index is 12.4. The van der Waals surface area contributed by atoms with Crippen molar-refractivity contribution < 1.29 is 10.0 Å². The molecule has 0 unspecified atom stereocenters. The van der Waals surface area contributed by atoms with Gasteiger partial charge in [-0.05, 0) is 51.7 Å². The lowest BCUT2D eigenvalue weighted by Crippen LogP contribution is -2.50. The fraction of sp³-hybridized carbons (Fsp3) is 0.857. The van der Waals surface area contributed by atoms with Gasteiger partial charge in [0.2, 0.25) is 5.91 Å². The Morgan fingerprint density at radius 1 is 1.40 bits per heavy atom. The van der Waals surface area contributed by atoms with Crippen molar-refractivity contribution in [1.29, 1.82) is 0 Å². The number of carbonyl (C=O) groups is 1. The third-order valence-electron chi connectivity index (χ3n) is 4.63. The van der Waals surface area contributed by atoms with Gasteiger partial charge in [0, 0.05) is 6.54 Å². The summed E-state index contributed by atoms with van der Waals surface area (Å²) < 4.78 is 0. The Balaban J connectivity index is 2.59. The molecule has 6 nitrogen and oxygen atoms in total. The lowest BCUT2D eigenvalue weighted by Gasteiger charge is -2.32. The van der Waals surface area contributed by atoms with Crippen LogP contribution in [0.5, 0.6) is 0 Å². The van der Waals surface area contributed by atoms with Gasteiger partial charge in [0.15, 0.2) is 5.84 Å². The summed E-state index contributed by atoms with van der Waals surface area (Å²) in [5.74, 6) is 0.397. The SMILES string of the molecule is CCC(CC)(C(=O)NCC1CCN(C)CC1)C(N)=NO. The highest BCUT2D eigenvalue weighted by Gasteiger charge is 2.39. The molecule has 116 valence electrons. The molecule has 0 atom stereocenters. The fourth-order valence-electron chi connectivity index (χ4n) is 2.82. The van der Waals surface area contributed by atoms with Crippen molar-refractivity contribution in [3.05, 3.63) is 0 Å². The van der Waals surface area contributed by atoms with Gasteiger partial charge < -0.3 is 21.2 Å². The molecule has 1 saturated heterocycles. The Morgan fingerprint density at radius 2 is 1.95 bits per heavy atom. The molecule has 6 heteroatoms. The van der Waals surface area contributed by atoms with E-state index >= 15 is 0 Å². The Bertz CT molecular complexity index is 345. The van der Waals surface area contributed by atoms with Crippen LogP contribution in [0.2, 0.25) is 0 Å². The molecule has 1 fully saturated rings. The maximum Gasteiger partial charge on any atom is 0.233 e. The monoisotopic (exact) mass is 284 g/mol. The number of amidine groups is 1. The zero-order valence-electron chi connectivity index (χ0n) is 12.9. The molecule has 20 heavy (non-hydrogen) atoms. The Labute approximate surface area is 121 Å². The van der Waals surface area contributed by atoms with Crippen LogP contribution in [-0.2, 0) is 4.79 Å². The first-order valence-electron chi connectivity index (χ1n) is 7.45. The summed E-state index contributed by atoms with van der Waals surface area (Å²) in [5.41, 5.74) is 4.84. The fourth-order valence-corrected chi connectivity index (χ4v) is 2.82. The second-order valence-electron chi connectivity index (χ2n) is 5.73. The van der Waals surface area contributed by atoms with E-state index in [2.05, 4.69) is 22.4 Å². The summed E-state index contributed by atoms with van der Waals surface area (Å²) in [6, 6.07) is 0. The highest BCUT2D eigenvalue weighted by Crippen LogP contribution is 2.27. The predicted octanol–water partition coefficient (Wildman–Crippen LogP) is 0.997. The molecule has 0 aromatic carbocycles. The lowest BCUT2D eigenvalue weighted by atomic mass is 9.80. The molecule has 1 rings (SSSR count). The van der Waals surface area contributed by atoms with Crippen molar-refractivity contribution in [2.24, 2.45) is 22.2 Å². The van der Waals surface area contributed by atoms with E-state index in [1.165, 1.54) is 0 Å². The number of hydrogen-bond donors (Lipinski definition) is 3. The number of nitrogens with zero attached hydrogens (tertiary/aromatic N) is 2. The van der Waals surface area contributed by atoms with E-state index in [1.54, 1.807) is 0 Å². The van der Waals surface area contributed by atoms with Crippen molar-refractivity contribution >= 4 is 11.7 Å². The number of carbonyl (C=O) groups excluding carboxylic acids is 1. The molecule has 4 N–H and O–H groups in total. The first kappa shape index (κ1) is 16.8. The van der Waals surface area contributed by atoms with E-state index in [4.69, 9.17) is 10.9 Å². The maximum absolute atomic E-state index is 12.4. The van der Waals surface area contributed by atoms with Gasteiger partial charge in [-0.1, -0.05) is 19.0 Å². The van der Waals surface area contributed by atoms with Crippen LogP contribution < -0.4 is 11.1 Å². The molecular formula is C14H28N4O2. The summed E-state index contributed by atoms with van der Waals surface area (Å²) in [6.45, 7) is 6.60. The first-order chi connectivity index (χ1) is 9.50. The van der Waals surface area contributed by atoms with E-state index < -0.39 is 5.41 Å². The largest absolute Gasteiger partial charge is 0.409 e. The minimum Gasteiger partial charge on any atom is -0.409 e. The second-order valence-corrected chi connectivity index (χ2v) is 5.73. The van der Waals surface area contributed by atoms with Gasteiger partial charge in [0.05, 0.1) is 0 Å². The van der Waals surface area contributed by atoms with Gasteiger partial charge in [-0.25, -0.2) is 0 Å². The van der Waals surface area contributed by atoms with Gasteiger partial charge in [-0.15, -0.1) is 0 Å². The van der Waals surface area contributed by atoms with E-state index in [-0.39, 0.29) is 11.7 Å². The molecule has 0 radical (unpaired) electrons. The molecule has 0 saturated carbocycles. The third-order valence-corrected chi connectivity index (χ3v) is 4.63. The standard InChI is InChI=1S/C14H28N4O2/c1-4-14(5-2,12(15)17-20)13(19)16-10-11-6-8-18(3)9-7-11/h11,20H,4-10H2,1-3H3,(H2,15,17)(H,16,19). The van der Waals surface area contributed by atoms with Gasteiger partial charge in [-0.2, -0.15) is 0 Å². The summed E-state index contributed by atoms with van der Waals surface area (Å²) in [5, 5.41) is 15.0. The lowest BCUT2D eigenvalue weighted by molar-refractivity contribution is -0.128. The van der Waals surface area contributed by atoms with Crippen molar-refractivity contribution in [2.75, 3.05) is 26.7 Å². The van der Waals surface area contributed by atoms with Crippen molar-refractivity contribution in [2.45, 2.75) is 39.5 Å². The predicted molar refractivity (Wildman–Crippen MR) is 79.7 cm³/mol. The van der Waals surface area contributed by atoms with E-state index in [9.17, 15) is 4.79 Å². The number of nitrogens with one attached hydrogen (secondary N) is 1. The zero-order chi connectivity index (χ0) is 15.2. The number of hydrogen-bond acceptors (Lipinski definition) is 4. The number of rotatable bonds is 6. The van der Waals surface area contributed by atoms with Crippen LogP contribution in [0.4, 0.5) is 0 Å². The van der Waals surface area contributed by atoms with Gasteiger partial charge in [0.25, 0.3) is 0 Å². The second kappa shape index (κ2) is 7.47. The van der Waals surface area contributed by atoms with Crippen LogP contribution in [0.3, 0.4) is 0 Å². The topological polar surface area (TPSA) is 91.0 Å². The third kappa shape index (κ3) is 3.62. The Hall–Kier alpha value is -1.30. The van der Waals surface area contributed by atoms with E-state index in [0.29, 0.717) is 25.3 Å².